The SMILES string of the molecule is CCC1CCC(N2CCCN(CCCCN)CC2)CC1. The van der Waals surface area contributed by atoms with Crippen molar-refractivity contribution in [3.63, 3.8) is 0 Å². The van der Waals surface area contributed by atoms with Gasteiger partial charge in [0.05, 0.1) is 0 Å². The maximum Gasteiger partial charge on any atom is 0.0112 e. The number of rotatable bonds is 6. The normalized spacial score (nSPS) is 30.3. The summed E-state index contributed by atoms with van der Waals surface area (Å²) in [5.41, 5.74) is 5.59. The van der Waals surface area contributed by atoms with Crippen molar-refractivity contribution in [1.82, 2.24) is 9.80 Å². The molecule has 0 unspecified atom stereocenters. The molecule has 0 aromatic heterocycles. The van der Waals surface area contributed by atoms with Crippen LogP contribution in [0.15, 0.2) is 0 Å². The molecular weight excluding hydrogens is 246 g/mol. The fourth-order valence-corrected chi connectivity index (χ4v) is 3.98. The minimum absolute atomic E-state index is 0.848. The summed E-state index contributed by atoms with van der Waals surface area (Å²) < 4.78 is 0. The number of nitrogens with zero attached hydrogens (tertiary/aromatic N) is 2. The zero-order valence-electron chi connectivity index (χ0n) is 13.5. The second-order valence-electron chi connectivity index (χ2n) is 6.81. The monoisotopic (exact) mass is 281 g/mol. The summed E-state index contributed by atoms with van der Waals surface area (Å²) in [6.07, 6.45) is 11.0. The second kappa shape index (κ2) is 9.01. The minimum Gasteiger partial charge on any atom is -0.330 e. The van der Waals surface area contributed by atoms with Crippen molar-refractivity contribution in [3.8, 4) is 0 Å². The lowest BCUT2D eigenvalue weighted by atomic mass is 9.84. The highest BCUT2D eigenvalue weighted by Crippen LogP contribution is 2.29. The first-order valence-corrected chi connectivity index (χ1v) is 9.00. The van der Waals surface area contributed by atoms with Crippen LogP contribution < -0.4 is 5.73 Å². The third-order valence-corrected chi connectivity index (χ3v) is 5.46. The largest absolute Gasteiger partial charge is 0.330 e. The minimum atomic E-state index is 0.848. The van der Waals surface area contributed by atoms with Gasteiger partial charge in [-0.15, -0.1) is 0 Å². The van der Waals surface area contributed by atoms with Crippen molar-refractivity contribution in [2.45, 2.75) is 64.3 Å². The quantitative estimate of drug-likeness (QED) is 0.760. The maximum atomic E-state index is 5.59. The molecule has 1 heterocycles. The van der Waals surface area contributed by atoms with Gasteiger partial charge in [-0.1, -0.05) is 13.3 Å². The zero-order valence-corrected chi connectivity index (χ0v) is 13.5. The first kappa shape index (κ1) is 16.3. The average Bonchev–Trinajstić information content (AvgIpc) is 2.73. The zero-order chi connectivity index (χ0) is 14.2. The fraction of sp³-hybridized carbons (Fsp3) is 1.00. The Bertz CT molecular complexity index is 249. The summed E-state index contributed by atoms with van der Waals surface area (Å²) in [5, 5.41) is 0. The van der Waals surface area contributed by atoms with Crippen LogP contribution in [0.3, 0.4) is 0 Å². The van der Waals surface area contributed by atoms with E-state index in [1.165, 1.54) is 84.1 Å². The van der Waals surface area contributed by atoms with Gasteiger partial charge in [0, 0.05) is 19.1 Å². The van der Waals surface area contributed by atoms with Gasteiger partial charge in [-0.05, 0) is 77.0 Å². The predicted molar refractivity (Wildman–Crippen MR) is 87.0 cm³/mol. The number of hydrogen-bond donors (Lipinski definition) is 1. The third kappa shape index (κ3) is 5.01. The number of unbranched alkanes of at least 4 members (excludes halogenated alkanes) is 1. The molecule has 2 aliphatic rings. The molecule has 1 saturated carbocycles. The number of nitrogens with two attached hydrogens (primary N) is 1. The molecule has 0 atom stereocenters. The van der Waals surface area contributed by atoms with Gasteiger partial charge in [-0.25, -0.2) is 0 Å². The van der Waals surface area contributed by atoms with E-state index in [1.807, 2.05) is 0 Å². The third-order valence-electron chi connectivity index (χ3n) is 5.46. The molecule has 0 radical (unpaired) electrons. The van der Waals surface area contributed by atoms with Gasteiger partial charge in [0.15, 0.2) is 0 Å². The van der Waals surface area contributed by atoms with Crippen LogP contribution in [0.1, 0.15) is 58.3 Å². The lowest BCUT2D eigenvalue weighted by Crippen LogP contribution is -2.40. The van der Waals surface area contributed by atoms with E-state index in [4.69, 9.17) is 5.73 Å². The Morgan fingerprint density at radius 2 is 1.75 bits per heavy atom. The van der Waals surface area contributed by atoms with Crippen molar-refractivity contribution in [1.29, 1.82) is 0 Å². The molecule has 0 amide bonds. The molecule has 0 aromatic rings. The highest BCUT2D eigenvalue weighted by molar-refractivity contribution is 4.81. The molecule has 2 rings (SSSR count). The summed E-state index contributed by atoms with van der Waals surface area (Å²) in [6, 6.07) is 0.891. The Hall–Kier alpha value is -0.120. The van der Waals surface area contributed by atoms with E-state index in [-0.39, 0.29) is 0 Å². The molecule has 2 fully saturated rings. The standard InChI is InChI=1S/C17H35N3/c1-2-16-6-8-17(9-7-16)20-13-5-12-19(14-15-20)11-4-3-10-18/h16-17H,2-15,18H2,1H3. The van der Waals surface area contributed by atoms with Crippen LogP contribution in [0, 0.1) is 5.92 Å². The van der Waals surface area contributed by atoms with E-state index < -0.39 is 0 Å². The highest BCUT2D eigenvalue weighted by Gasteiger charge is 2.26. The van der Waals surface area contributed by atoms with Crippen LogP contribution in [0.5, 0.6) is 0 Å². The Balaban J connectivity index is 1.70. The molecule has 1 aliphatic carbocycles. The van der Waals surface area contributed by atoms with Gasteiger partial charge >= 0.3 is 0 Å². The van der Waals surface area contributed by atoms with Crippen molar-refractivity contribution in [2.24, 2.45) is 11.7 Å². The molecule has 0 aromatic carbocycles. The summed E-state index contributed by atoms with van der Waals surface area (Å²) in [5.74, 6) is 1.02. The van der Waals surface area contributed by atoms with Gasteiger partial charge in [-0.3, -0.25) is 4.90 Å². The fourth-order valence-electron chi connectivity index (χ4n) is 3.98. The van der Waals surface area contributed by atoms with Gasteiger partial charge in [0.1, 0.15) is 0 Å². The predicted octanol–water partition coefficient (Wildman–Crippen LogP) is 2.70. The van der Waals surface area contributed by atoms with Crippen LogP contribution in [0.2, 0.25) is 0 Å². The first-order valence-electron chi connectivity index (χ1n) is 9.00. The van der Waals surface area contributed by atoms with E-state index in [2.05, 4.69) is 16.7 Å². The average molecular weight is 281 g/mol. The summed E-state index contributed by atoms with van der Waals surface area (Å²) in [4.78, 5) is 5.46. The highest BCUT2D eigenvalue weighted by atomic mass is 15.2. The molecule has 1 aliphatic heterocycles. The summed E-state index contributed by atoms with van der Waals surface area (Å²) in [7, 11) is 0. The molecule has 20 heavy (non-hydrogen) atoms. The number of hydrogen-bond acceptors (Lipinski definition) is 3. The van der Waals surface area contributed by atoms with E-state index in [0.29, 0.717) is 0 Å². The van der Waals surface area contributed by atoms with Gasteiger partial charge in [0.2, 0.25) is 0 Å². The van der Waals surface area contributed by atoms with E-state index in [0.717, 1.165) is 18.5 Å². The van der Waals surface area contributed by atoms with Crippen LogP contribution >= 0.6 is 0 Å². The molecule has 0 spiro atoms. The molecule has 3 nitrogen and oxygen atoms in total. The van der Waals surface area contributed by atoms with Crippen LogP contribution in [0.25, 0.3) is 0 Å². The maximum absolute atomic E-state index is 5.59. The topological polar surface area (TPSA) is 32.5 Å². The molecule has 118 valence electrons. The van der Waals surface area contributed by atoms with Gasteiger partial charge in [0.25, 0.3) is 0 Å². The molecule has 2 N–H and O–H groups in total. The lowest BCUT2D eigenvalue weighted by molar-refractivity contribution is 0.138. The van der Waals surface area contributed by atoms with Crippen LogP contribution in [-0.4, -0.2) is 55.1 Å². The second-order valence-corrected chi connectivity index (χ2v) is 6.81. The van der Waals surface area contributed by atoms with E-state index in [1.54, 1.807) is 0 Å². The Morgan fingerprint density at radius 3 is 2.45 bits per heavy atom. The summed E-state index contributed by atoms with van der Waals surface area (Å²) >= 11 is 0. The van der Waals surface area contributed by atoms with E-state index in [9.17, 15) is 0 Å². The van der Waals surface area contributed by atoms with Crippen molar-refractivity contribution in [3.05, 3.63) is 0 Å². The lowest BCUT2D eigenvalue weighted by Gasteiger charge is -2.36. The first-order chi connectivity index (χ1) is 9.83. The molecular formula is C17H35N3. The smallest absolute Gasteiger partial charge is 0.0112 e. The van der Waals surface area contributed by atoms with Gasteiger partial charge in [-0.2, -0.15) is 0 Å². The molecule has 0 bridgehead atoms. The van der Waals surface area contributed by atoms with Crippen molar-refractivity contribution < 1.29 is 0 Å². The Kier molecular flexibility index (Phi) is 7.32. The van der Waals surface area contributed by atoms with Crippen LogP contribution in [-0.2, 0) is 0 Å². The van der Waals surface area contributed by atoms with Crippen LogP contribution in [0.4, 0.5) is 0 Å². The molecule has 3 heteroatoms. The Labute approximate surface area is 125 Å². The van der Waals surface area contributed by atoms with Gasteiger partial charge < -0.3 is 10.6 Å². The van der Waals surface area contributed by atoms with Crippen molar-refractivity contribution >= 4 is 0 Å². The molecule has 1 saturated heterocycles. The Morgan fingerprint density at radius 1 is 0.950 bits per heavy atom. The summed E-state index contributed by atoms with van der Waals surface area (Å²) in [6.45, 7) is 9.66. The van der Waals surface area contributed by atoms with Crippen molar-refractivity contribution in [2.75, 3.05) is 39.3 Å². The van der Waals surface area contributed by atoms with E-state index >= 15 is 0 Å².